The molecule has 2 aromatic heterocycles. The third-order valence-corrected chi connectivity index (χ3v) is 5.90. The van der Waals surface area contributed by atoms with Gasteiger partial charge in [0.15, 0.2) is 11.2 Å². The van der Waals surface area contributed by atoms with Gasteiger partial charge >= 0.3 is 5.69 Å². The van der Waals surface area contributed by atoms with Gasteiger partial charge in [0.1, 0.15) is 11.5 Å². The van der Waals surface area contributed by atoms with E-state index in [1.807, 2.05) is 66.7 Å². The van der Waals surface area contributed by atoms with Crippen LogP contribution in [0.3, 0.4) is 0 Å². The highest BCUT2D eigenvalue weighted by molar-refractivity contribution is 5.73. The summed E-state index contributed by atoms with van der Waals surface area (Å²) < 4.78 is 15.3. The molecule has 0 spiro atoms. The van der Waals surface area contributed by atoms with Crippen LogP contribution >= 0.6 is 0 Å². The van der Waals surface area contributed by atoms with Crippen LogP contribution in [0.1, 0.15) is 11.1 Å². The lowest BCUT2D eigenvalue weighted by Crippen LogP contribution is -2.40. The zero-order valence-electron chi connectivity index (χ0n) is 19.4. The lowest BCUT2D eigenvalue weighted by molar-refractivity contribution is 0.412. The summed E-state index contributed by atoms with van der Waals surface area (Å²) in [5.41, 5.74) is 2.01. The normalized spacial score (nSPS) is 11.0. The minimum Gasteiger partial charge on any atom is -0.497 e. The Kier molecular flexibility index (Phi) is 5.93. The monoisotopic (exact) mass is 468 g/mol. The molecule has 0 radical (unpaired) electrons. The van der Waals surface area contributed by atoms with E-state index >= 15 is 0 Å². The second-order valence-electron chi connectivity index (χ2n) is 8.06. The van der Waals surface area contributed by atoms with Crippen molar-refractivity contribution in [3.8, 4) is 17.2 Å². The minimum absolute atomic E-state index is 0.133. The molecule has 0 aliphatic rings. The van der Waals surface area contributed by atoms with Crippen LogP contribution in [0.4, 0.5) is 0 Å². The van der Waals surface area contributed by atoms with Crippen LogP contribution in [-0.4, -0.2) is 32.9 Å². The summed E-state index contributed by atoms with van der Waals surface area (Å²) in [5, 5.41) is 0. The molecule has 3 aromatic carbocycles. The summed E-state index contributed by atoms with van der Waals surface area (Å²) in [6, 6.07) is 24.2. The van der Waals surface area contributed by atoms with Crippen LogP contribution in [-0.2, 0) is 13.1 Å². The van der Waals surface area contributed by atoms with E-state index in [4.69, 9.17) is 9.47 Å². The van der Waals surface area contributed by atoms with E-state index < -0.39 is 11.2 Å². The number of imidazole rings is 1. The molecule has 0 saturated carbocycles. The Morgan fingerprint density at radius 1 is 0.800 bits per heavy atom. The predicted octanol–water partition coefficient (Wildman–Crippen LogP) is 3.46. The van der Waals surface area contributed by atoms with Crippen molar-refractivity contribution in [2.75, 3.05) is 14.2 Å². The van der Waals surface area contributed by atoms with Gasteiger partial charge < -0.3 is 14.0 Å². The minimum atomic E-state index is -0.484. The van der Waals surface area contributed by atoms with Crippen molar-refractivity contribution in [1.29, 1.82) is 0 Å². The Labute approximate surface area is 201 Å². The smallest absolute Gasteiger partial charge is 0.337 e. The number of benzene rings is 3. The first-order valence-corrected chi connectivity index (χ1v) is 11.1. The molecule has 0 N–H and O–H groups in total. The molecule has 0 bridgehead atoms. The predicted molar refractivity (Wildman–Crippen MR) is 134 cm³/mol. The third kappa shape index (κ3) is 4.10. The zero-order valence-corrected chi connectivity index (χ0v) is 19.4. The lowest BCUT2D eigenvalue weighted by Gasteiger charge is -2.15. The Morgan fingerprint density at radius 3 is 2.31 bits per heavy atom. The summed E-state index contributed by atoms with van der Waals surface area (Å²) in [4.78, 5) is 32.0. The van der Waals surface area contributed by atoms with Crippen molar-refractivity contribution >= 4 is 11.2 Å². The number of nitrogens with zero attached hydrogens (tertiary/aromatic N) is 4. The molecule has 0 unspecified atom stereocenters. The topological polar surface area (TPSA) is 80.3 Å². The van der Waals surface area contributed by atoms with Gasteiger partial charge in [-0.2, -0.15) is 0 Å². The summed E-state index contributed by atoms with van der Waals surface area (Å²) >= 11 is 0. The van der Waals surface area contributed by atoms with Crippen molar-refractivity contribution in [2.45, 2.75) is 13.1 Å². The fraction of sp³-hybridized carbons (Fsp3) is 0.148. The molecular weight excluding hydrogens is 444 g/mol. The van der Waals surface area contributed by atoms with Gasteiger partial charge in [0.2, 0.25) is 0 Å². The summed E-state index contributed by atoms with van der Waals surface area (Å²) in [5.74, 6) is 1.22. The molecule has 2 heterocycles. The van der Waals surface area contributed by atoms with Gasteiger partial charge in [-0.05, 0) is 35.4 Å². The molecule has 0 saturated heterocycles. The number of fused-ring (bicyclic) bond motifs is 1. The van der Waals surface area contributed by atoms with Crippen molar-refractivity contribution in [3.05, 3.63) is 117 Å². The van der Waals surface area contributed by atoms with Crippen LogP contribution in [0.25, 0.3) is 16.9 Å². The summed E-state index contributed by atoms with van der Waals surface area (Å²) in [6.07, 6.45) is 1.59. The highest BCUT2D eigenvalue weighted by Gasteiger charge is 2.21. The van der Waals surface area contributed by atoms with Crippen molar-refractivity contribution in [2.24, 2.45) is 0 Å². The van der Waals surface area contributed by atoms with E-state index in [2.05, 4.69) is 4.98 Å². The van der Waals surface area contributed by atoms with Crippen LogP contribution in [0.15, 0.2) is 94.8 Å². The molecule has 0 fully saturated rings. The zero-order chi connectivity index (χ0) is 24.4. The Bertz CT molecular complexity index is 1620. The molecule has 0 atom stereocenters. The van der Waals surface area contributed by atoms with Crippen LogP contribution < -0.4 is 20.7 Å². The van der Waals surface area contributed by atoms with Crippen LogP contribution in [0.5, 0.6) is 11.5 Å². The number of aromatic nitrogens is 4. The summed E-state index contributed by atoms with van der Waals surface area (Å²) in [6.45, 7) is 0.520. The average molecular weight is 469 g/mol. The van der Waals surface area contributed by atoms with Gasteiger partial charge in [-0.15, -0.1) is 0 Å². The van der Waals surface area contributed by atoms with Crippen LogP contribution in [0, 0.1) is 0 Å². The molecule has 5 rings (SSSR count). The maximum Gasteiger partial charge on any atom is 0.337 e. The van der Waals surface area contributed by atoms with Crippen molar-refractivity contribution in [3.63, 3.8) is 0 Å². The number of rotatable bonds is 7. The molecule has 5 aromatic rings. The van der Waals surface area contributed by atoms with E-state index in [1.165, 1.54) is 9.13 Å². The van der Waals surface area contributed by atoms with E-state index in [0.717, 1.165) is 16.9 Å². The molecule has 35 heavy (non-hydrogen) atoms. The average Bonchev–Trinajstić information content (AvgIpc) is 3.30. The van der Waals surface area contributed by atoms with Crippen molar-refractivity contribution < 1.29 is 9.47 Å². The van der Waals surface area contributed by atoms with Gasteiger partial charge in [-0.1, -0.05) is 54.6 Å². The van der Waals surface area contributed by atoms with Gasteiger partial charge in [-0.3, -0.25) is 9.36 Å². The Morgan fingerprint density at radius 2 is 1.54 bits per heavy atom. The number of hydrogen-bond donors (Lipinski definition) is 0. The maximum atomic E-state index is 13.7. The molecule has 0 aliphatic carbocycles. The van der Waals surface area contributed by atoms with Gasteiger partial charge in [0.05, 0.1) is 32.8 Å². The maximum absolute atomic E-state index is 13.7. The van der Waals surface area contributed by atoms with Gasteiger partial charge in [0.25, 0.3) is 5.56 Å². The second kappa shape index (κ2) is 9.34. The van der Waals surface area contributed by atoms with Gasteiger partial charge in [0, 0.05) is 6.54 Å². The molecule has 8 heteroatoms. The number of methoxy groups -OCH3 is 2. The number of para-hydroxylation sites is 2. The highest BCUT2D eigenvalue weighted by atomic mass is 16.5. The fourth-order valence-electron chi connectivity index (χ4n) is 4.20. The first kappa shape index (κ1) is 22.2. The molecule has 0 aliphatic heterocycles. The first-order valence-electron chi connectivity index (χ1n) is 11.1. The van der Waals surface area contributed by atoms with Gasteiger partial charge in [-0.25, -0.2) is 14.3 Å². The highest BCUT2D eigenvalue weighted by Crippen LogP contribution is 2.24. The van der Waals surface area contributed by atoms with E-state index in [9.17, 15) is 9.59 Å². The lowest BCUT2D eigenvalue weighted by atomic mass is 10.2. The number of ether oxygens (including phenoxy) is 2. The molecule has 8 nitrogen and oxygen atoms in total. The quantitative estimate of drug-likeness (QED) is 0.366. The Hall–Kier alpha value is -4.59. The fourth-order valence-corrected chi connectivity index (χ4v) is 4.20. The Balaban J connectivity index is 1.77. The molecular formula is C27H24N4O4. The van der Waals surface area contributed by atoms with E-state index in [0.29, 0.717) is 23.5 Å². The summed E-state index contributed by atoms with van der Waals surface area (Å²) in [7, 11) is 3.16. The number of hydrogen-bond acceptors (Lipinski definition) is 5. The largest absolute Gasteiger partial charge is 0.497 e. The van der Waals surface area contributed by atoms with Crippen LogP contribution in [0.2, 0.25) is 0 Å². The molecule has 176 valence electrons. The standard InChI is InChI=1S/C27H24N4O4/c1-34-21-12-8-11-20(15-21)16-29-18-28-25-24(29)26(32)30(17-19-9-4-3-5-10-19)27(33)31(25)22-13-6-7-14-23(22)35-2/h3-15,18H,16-17H2,1-2H3. The second-order valence-corrected chi connectivity index (χ2v) is 8.06. The SMILES string of the molecule is COc1cccc(Cn2cnc3c2c(=O)n(Cc2ccccc2)c(=O)n3-c2ccccc2OC)c1. The third-order valence-electron chi connectivity index (χ3n) is 5.90. The van der Waals surface area contributed by atoms with Crippen molar-refractivity contribution in [1.82, 2.24) is 18.7 Å². The van der Waals surface area contributed by atoms with E-state index in [-0.39, 0.29) is 12.2 Å². The first-order chi connectivity index (χ1) is 17.1. The molecule has 0 amide bonds. The van der Waals surface area contributed by atoms with E-state index in [1.54, 1.807) is 37.2 Å².